The number of fused-ring (bicyclic) bond motifs is 1. The summed E-state index contributed by atoms with van der Waals surface area (Å²) in [4.78, 5) is 16.6. The molecule has 0 N–H and O–H groups in total. The molecular weight excluding hydrogens is 412 g/mol. The van der Waals surface area contributed by atoms with Crippen molar-refractivity contribution in [3.8, 4) is 5.75 Å². The van der Waals surface area contributed by atoms with Gasteiger partial charge in [-0.05, 0) is 54.0 Å². The fourth-order valence-corrected chi connectivity index (χ4v) is 3.13. The smallest absolute Gasteiger partial charge is 0.339 e. The Morgan fingerprint density at radius 2 is 2.08 bits per heavy atom. The minimum absolute atomic E-state index is 0.0983. The maximum absolute atomic E-state index is 12.4. The highest BCUT2D eigenvalue weighted by Crippen LogP contribution is 2.28. The van der Waals surface area contributed by atoms with Crippen molar-refractivity contribution < 1.29 is 18.8 Å². The lowest BCUT2D eigenvalue weighted by molar-refractivity contribution is 0.0452. The summed E-state index contributed by atoms with van der Waals surface area (Å²) >= 11 is 9.24. The molecule has 25 heavy (non-hydrogen) atoms. The largest absolute Gasteiger partial charge is 0.489 e. The van der Waals surface area contributed by atoms with E-state index in [1.165, 1.54) is 0 Å². The fraction of sp³-hybridized carbons (Fsp3) is 0.235. The predicted octanol–water partition coefficient (Wildman–Crippen LogP) is 4.49. The Hall–Kier alpha value is -2.12. The second-order valence-electron chi connectivity index (χ2n) is 5.32. The Morgan fingerprint density at radius 1 is 1.28 bits per heavy atom. The van der Waals surface area contributed by atoms with E-state index in [0.717, 1.165) is 4.47 Å². The minimum atomic E-state index is -0.472. The molecule has 0 fully saturated rings. The summed E-state index contributed by atoms with van der Waals surface area (Å²) in [5, 5.41) is 5.02. The van der Waals surface area contributed by atoms with Crippen molar-refractivity contribution >= 4 is 44.6 Å². The zero-order chi connectivity index (χ0) is 18.0. The highest BCUT2D eigenvalue weighted by Gasteiger charge is 2.18. The lowest BCUT2D eigenvalue weighted by Gasteiger charge is -2.09. The number of ether oxygens (including phenoxy) is 2. The first-order chi connectivity index (χ1) is 12.0. The number of hydrogen-bond acceptors (Lipinski definition) is 6. The van der Waals surface area contributed by atoms with Crippen molar-refractivity contribution in [1.29, 1.82) is 0 Å². The lowest BCUT2D eigenvalue weighted by atomic mass is 10.1. The van der Waals surface area contributed by atoms with Gasteiger partial charge < -0.3 is 14.0 Å². The monoisotopic (exact) mass is 424 g/mol. The average molecular weight is 426 g/mol. The molecule has 1 aromatic carbocycles. The van der Waals surface area contributed by atoms with Crippen LogP contribution in [-0.2, 0) is 4.74 Å². The molecule has 0 spiro atoms. The van der Waals surface area contributed by atoms with Crippen LogP contribution in [0, 0.1) is 13.8 Å². The number of carbonyl (C=O) groups is 1. The van der Waals surface area contributed by atoms with E-state index in [9.17, 15) is 4.79 Å². The van der Waals surface area contributed by atoms with Crippen LogP contribution >= 0.6 is 27.5 Å². The Kier molecular flexibility index (Phi) is 5.24. The lowest BCUT2D eigenvalue weighted by Crippen LogP contribution is -2.13. The molecule has 2 aromatic heterocycles. The van der Waals surface area contributed by atoms with Gasteiger partial charge in [0.15, 0.2) is 0 Å². The van der Waals surface area contributed by atoms with Crippen molar-refractivity contribution in [2.24, 2.45) is 0 Å². The standard InChI is InChI=1S/C17H14BrClN2O4/c1-9-7-12(15-10(2)21-25-16(15)20-9)17(22)24-6-5-23-14-4-3-11(19)8-13(14)18/h3-4,7-8H,5-6H2,1-2H3. The van der Waals surface area contributed by atoms with Crippen LogP contribution in [0.3, 0.4) is 0 Å². The number of nitrogens with zero attached hydrogens (tertiary/aromatic N) is 2. The molecule has 0 aliphatic rings. The Labute approximate surface area is 157 Å². The molecule has 130 valence electrons. The molecule has 3 rings (SSSR count). The van der Waals surface area contributed by atoms with Gasteiger partial charge in [0.1, 0.15) is 19.0 Å². The molecule has 0 unspecified atom stereocenters. The van der Waals surface area contributed by atoms with Gasteiger partial charge in [0.2, 0.25) is 0 Å². The molecule has 0 atom stereocenters. The van der Waals surface area contributed by atoms with Crippen LogP contribution < -0.4 is 4.74 Å². The SMILES string of the molecule is Cc1cc(C(=O)OCCOc2ccc(Cl)cc2Br)c2c(C)noc2n1. The number of halogens is 2. The van der Waals surface area contributed by atoms with E-state index in [0.29, 0.717) is 38.8 Å². The second kappa shape index (κ2) is 7.41. The van der Waals surface area contributed by atoms with E-state index in [2.05, 4.69) is 26.1 Å². The first kappa shape index (κ1) is 17.7. The van der Waals surface area contributed by atoms with E-state index in [1.807, 2.05) is 0 Å². The highest BCUT2D eigenvalue weighted by atomic mass is 79.9. The van der Waals surface area contributed by atoms with Gasteiger partial charge in [-0.1, -0.05) is 16.8 Å². The van der Waals surface area contributed by atoms with E-state index in [1.54, 1.807) is 38.1 Å². The van der Waals surface area contributed by atoms with Crippen molar-refractivity contribution in [2.75, 3.05) is 13.2 Å². The molecule has 0 amide bonds. The number of esters is 1. The topological polar surface area (TPSA) is 74.5 Å². The van der Waals surface area contributed by atoms with Crippen LogP contribution in [0.15, 0.2) is 33.3 Å². The summed E-state index contributed by atoms with van der Waals surface area (Å²) in [6, 6.07) is 6.85. The summed E-state index contributed by atoms with van der Waals surface area (Å²) in [5.74, 6) is 0.151. The number of carbonyl (C=O) groups excluding carboxylic acids is 1. The van der Waals surface area contributed by atoms with Gasteiger partial charge in [0, 0.05) is 10.7 Å². The third kappa shape index (κ3) is 3.93. The van der Waals surface area contributed by atoms with Crippen LogP contribution in [0.25, 0.3) is 11.1 Å². The van der Waals surface area contributed by atoms with E-state index < -0.39 is 5.97 Å². The molecule has 0 saturated heterocycles. The van der Waals surface area contributed by atoms with Gasteiger partial charge in [0.05, 0.1) is 21.1 Å². The average Bonchev–Trinajstić information content (AvgIpc) is 2.93. The molecule has 0 aliphatic heterocycles. The molecule has 0 aliphatic carbocycles. The number of aryl methyl sites for hydroxylation is 2. The summed E-state index contributed by atoms with van der Waals surface area (Å²) < 4.78 is 16.7. The maximum Gasteiger partial charge on any atom is 0.339 e. The van der Waals surface area contributed by atoms with Crippen LogP contribution in [0.1, 0.15) is 21.7 Å². The number of pyridine rings is 1. The molecule has 3 aromatic rings. The van der Waals surface area contributed by atoms with Crippen LogP contribution in [0.2, 0.25) is 5.02 Å². The summed E-state index contributed by atoms with van der Waals surface area (Å²) in [6.07, 6.45) is 0. The predicted molar refractivity (Wildman–Crippen MR) is 96.2 cm³/mol. The number of benzene rings is 1. The maximum atomic E-state index is 12.4. The summed E-state index contributed by atoms with van der Waals surface area (Å²) in [7, 11) is 0. The fourth-order valence-electron chi connectivity index (χ4n) is 2.33. The van der Waals surface area contributed by atoms with Crippen molar-refractivity contribution in [3.05, 3.63) is 50.7 Å². The number of hydrogen-bond donors (Lipinski definition) is 0. The van der Waals surface area contributed by atoms with Gasteiger partial charge in [-0.15, -0.1) is 0 Å². The second-order valence-corrected chi connectivity index (χ2v) is 6.61. The van der Waals surface area contributed by atoms with Gasteiger partial charge in [-0.3, -0.25) is 0 Å². The first-order valence-electron chi connectivity index (χ1n) is 7.44. The molecule has 2 heterocycles. The first-order valence-corrected chi connectivity index (χ1v) is 8.61. The van der Waals surface area contributed by atoms with Gasteiger partial charge in [0.25, 0.3) is 5.71 Å². The third-order valence-electron chi connectivity index (χ3n) is 3.43. The molecule has 0 bridgehead atoms. The Balaban J connectivity index is 1.64. The van der Waals surface area contributed by atoms with Gasteiger partial charge in [-0.25, -0.2) is 9.78 Å². The Bertz CT molecular complexity index is 942. The molecular formula is C17H14BrClN2O4. The molecule has 0 saturated carbocycles. The van der Waals surface area contributed by atoms with Crippen molar-refractivity contribution in [1.82, 2.24) is 10.1 Å². The van der Waals surface area contributed by atoms with Gasteiger partial charge >= 0.3 is 5.97 Å². The van der Waals surface area contributed by atoms with Crippen LogP contribution in [0.4, 0.5) is 0 Å². The van der Waals surface area contributed by atoms with E-state index in [4.69, 9.17) is 25.6 Å². The van der Waals surface area contributed by atoms with Crippen molar-refractivity contribution in [3.63, 3.8) is 0 Å². The highest BCUT2D eigenvalue weighted by molar-refractivity contribution is 9.10. The molecule has 0 radical (unpaired) electrons. The van der Waals surface area contributed by atoms with E-state index >= 15 is 0 Å². The number of aromatic nitrogens is 2. The van der Waals surface area contributed by atoms with Crippen molar-refractivity contribution in [2.45, 2.75) is 13.8 Å². The summed E-state index contributed by atoms with van der Waals surface area (Å²) in [5.41, 5.74) is 1.95. The van der Waals surface area contributed by atoms with E-state index in [-0.39, 0.29) is 13.2 Å². The normalized spacial score (nSPS) is 10.9. The van der Waals surface area contributed by atoms with Crippen LogP contribution in [0.5, 0.6) is 5.75 Å². The zero-order valence-electron chi connectivity index (χ0n) is 13.5. The third-order valence-corrected chi connectivity index (χ3v) is 4.29. The molecule has 6 nitrogen and oxygen atoms in total. The molecule has 8 heteroatoms. The van der Waals surface area contributed by atoms with Crippen LogP contribution in [-0.4, -0.2) is 29.3 Å². The Morgan fingerprint density at radius 3 is 2.84 bits per heavy atom. The summed E-state index contributed by atoms with van der Waals surface area (Å²) in [6.45, 7) is 3.83. The zero-order valence-corrected chi connectivity index (χ0v) is 15.8. The van der Waals surface area contributed by atoms with Gasteiger partial charge in [-0.2, -0.15) is 0 Å². The quantitative estimate of drug-likeness (QED) is 0.443. The number of rotatable bonds is 5. The minimum Gasteiger partial charge on any atom is -0.489 e.